The second-order valence-electron chi connectivity index (χ2n) is 7.35. The lowest BCUT2D eigenvalue weighted by Gasteiger charge is -2.36. The lowest BCUT2D eigenvalue weighted by atomic mass is 9.93. The van der Waals surface area contributed by atoms with Crippen LogP contribution < -0.4 is 5.56 Å². The smallest absolute Gasteiger partial charge is 0.266 e. The normalized spacial score (nSPS) is 20.4. The molecule has 0 radical (unpaired) electrons. The Balaban J connectivity index is 1.30. The van der Waals surface area contributed by atoms with Crippen LogP contribution in [0.15, 0.2) is 47.5 Å². The maximum atomic E-state index is 12.6. The van der Waals surface area contributed by atoms with Gasteiger partial charge in [-0.3, -0.25) is 14.5 Å². The molecule has 1 saturated heterocycles. The second kappa shape index (κ2) is 8.52. The second-order valence-corrected chi connectivity index (χ2v) is 7.35. The zero-order valence-corrected chi connectivity index (χ0v) is 16.0. The van der Waals surface area contributed by atoms with Gasteiger partial charge in [0.2, 0.25) is 5.91 Å². The third kappa shape index (κ3) is 4.22. The Hall–Kier alpha value is -2.74. The van der Waals surface area contributed by atoms with Crippen LogP contribution in [-0.4, -0.2) is 68.0 Å². The van der Waals surface area contributed by atoms with Crippen LogP contribution in [0.5, 0.6) is 0 Å². The summed E-state index contributed by atoms with van der Waals surface area (Å²) in [4.78, 5) is 29.1. The van der Waals surface area contributed by atoms with Crippen molar-refractivity contribution in [2.75, 3.05) is 32.7 Å². The molecule has 0 bridgehead atoms. The summed E-state index contributed by atoms with van der Waals surface area (Å²) in [7, 11) is 0. The summed E-state index contributed by atoms with van der Waals surface area (Å²) in [6.45, 7) is 4.45. The molecule has 1 aliphatic carbocycles. The van der Waals surface area contributed by atoms with E-state index < -0.39 is 0 Å². The highest BCUT2D eigenvalue weighted by molar-refractivity contribution is 5.79. The van der Waals surface area contributed by atoms with E-state index in [-0.39, 0.29) is 11.5 Å². The molecule has 0 aromatic carbocycles. The van der Waals surface area contributed by atoms with Gasteiger partial charge in [0.05, 0.1) is 6.54 Å². The fraction of sp³-hybridized carbons (Fsp3) is 0.500. The molecule has 4 rings (SSSR count). The van der Waals surface area contributed by atoms with E-state index in [9.17, 15) is 9.59 Å². The molecule has 1 unspecified atom stereocenters. The predicted octanol–water partition coefficient (Wildman–Crippen LogP) is 0.929. The molecule has 1 fully saturated rings. The summed E-state index contributed by atoms with van der Waals surface area (Å²) in [6.07, 6.45) is 10.6. The molecule has 2 aromatic heterocycles. The van der Waals surface area contributed by atoms with Crippen molar-refractivity contribution in [3.63, 3.8) is 0 Å². The summed E-state index contributed by atoms with van der Waals surface area (Å²) in [5.74, 6) is 1.08. The molecule has 28 heavy (non-hydrogen) atoms. The molecule has 0 saturated carbocycles. The van der Waals surface area contributed by atoms with Crippen molar-refractivity contribution in [2.24, 2.45) is 5.92 Å². The molecule has 3 heterocycles. The third-order valence-corrected chi connectivity index (χ3v) is 5.52. The van der Waals surface area contributed by atoms with Crippen molar-refractivity contribution in [3.05, 3.63) is 53.1 Å². The van der Waals surface area contributed by atoms with Gasteiger partial charge >= 0.3 is 0 Å². The van der Waals surface area contributed by atoms with Gasteiger partial charge in [-0.2, -0.15) is 5.10 Å². The number of aromatic nitrogens is 4. The first-order valence-corrected chi connectivity index (χ1v) is 9.95. The number of hydrogen-bond donors (Lipinski definition) is 0. The summed E-state index contributed by atoms with van der Waals surface area (Å²) in [6, 6.07) is 5.03. The monoisotopic (exact) mass is 382 g/mol. The highest BCUT2D eigenvalue weighted by atomic mass is 16.2. The number of piperazine rings is 1. The van der Waals surface area contributed by atoms with Crippen LogP contribution >= 0.6 is 0 Å². The van der Waals surface area contributed by atoms with Crippen molar-refractivity contribution in [1.82, 2.24) is 29.4 Å². The summed E-state index contributed by atoms with van der Waals surface area (Å²) in [5.41, 5.74) is -0.116. The number of rotatable bonds is 5. The molecule has 0 spiro atoms. The molecular weight excluding hydrogens is 356 g/mol. The van der Waals surface area contributed by atoms with Gasteiger partial charge in [-0.05, 0) is 31.4 Å². The zero-order valence-electron chi connectivity index (χ0n) is 16.0. The van der Waals surface area contributed by atoms with Crippen LogP contribution in [0, 0.1) is 5.92 Å². The van der Waals surface area contributed by atoms with E-state index in [1.54, 1.807) is 23.1 Å². The lowest BCUT2D eigenvalue weighted by Crippen LogP contribution is -2.51. The largest absolute Gasteiger partial charge is 0.340 e. The zero-order chi connectivity index (χ0) is 19.3. The van der Waals surface area contributed by atoms with E-state index in [0.717, 1.165) is 52.0 Å². The molecular formula is C20H26N6O2. The van der Waals surface area contributed by atoms with Gasteiger partial charge in [0.15, 0.2) is 5.82 Å². The molecule has 2 aliphatic rings. The Kier molecular flexibility index (Phi) is 5.66. The number of carbonyl (C=O) groups excluding carboxylic acids is 1. The third-order valence-electron chi connectivity index (χ3n) is 5.52. The molecule has 8 nitrogen and oxygen atoms in total. The van der Waals surface area contributed by atoms with E-state index in [1.807, 2.05) is 11.0 Å². The maximum absolute atomic E-state index is 12.6. The van der Waals surface area contributed by atoms with Crippen molar-refractivity contribution in [1.29, 1.82) is 0 Å². The Morgan fingerprint density at radius 1 is 1.11 bits per heavy atom. The molecule has 0 N–H and O–H groups in total. The molecule has 1 aliphatic heterocycles. The molecule has 148 valence electrons. The molecule has 1 amide bonds. The SMILES string of the molecule is O=C(C1CC=CCC1)N1CCN(CCn2nc(-n3cccn3)ccc2=O)CC1. The minimum absolute atomic E-state index is 0.116. The standard InChI is InChI=1S/C20H26N6O2/c27-19-8-7-18(25-10-4-9-21-25)22-26(19)16-13-23-11-14-24(15-12-23)20(28)17-5-2-1-3-6-17/h1-2,4,7-10,17H,3,5-6,11-16H2. The van der Waals surface area contributed by atoms with Gasteiger partial charge in [-0.1, -0.05) is 12.2 Å². The van der Waals surface area contributed by atoms with Crippen LogP contribution in [0.3, 0.4) is 0 Å². The quantitative estimate of drug-likeness (QED) is 0.719. The van der Waals surface area contributed by atoms with Gasteiger partial charge in [0.25, 0.3) is 5.56 Å². The lowest BCUT2D eigenvalue weighted by molar-refractivity contribution is -0.137. The summed E-state index contributed by atoms with van der Waals surface area (Å²) in [5, 5.41) is 8.57. The van der Waals surface area contributed by atoms with E-state index in [0.29, 0.717) is 18.3 Å². The Morgan fingerprint density at radius 3 is 2.68 bits per heavy atom. The van der Waals surface area contributed by atoms with Crippen LogP contribution in [0.25, 0.3) is 5.82 Å². The van der Waals surface area contributed by atoms with E-state index >= 15 is 0 Å². The Bertz CT molecular complexity index is 880. The van der Waals surface area contributed by atoms with Crippen molar-refractivity contribution < 1.29 is 4.79 Å². The van der Waals surface area contributed by atoms with Gasteiger partial charge < -0.3 is 4.90 Å². The minimum atomic E-state index is -0.116. The number of nitrogens with zero attached hydrogens (tertiary/aromatic N) is 6. The van der Waals surface area contributed by atoms with Gasteiger partial charge in [0.1, 0.15) is 0 Å². The van der Waals surface area contributed by atoms with Gasteiger partial charge in [-0.25, -0.2) is 9.36 Å². The fourth-order valence-corrected chi connectivity index (χ4v) is 3.83. The predicted molar refractivity (Wildman–Crippen MR) is 105 cm³/mol. The number of amides is 1. The fourth-order valence-electron chi connectivity index (χ4n) is 3.83. The van der Waals surface area contributed by atoms with E-state index in [2.05, 4.69) is 27.2 Å². The highest BCUT2D eigenvalue weighted by Gasteiger charge is 2.27. The number of carbonyl (C=O) groups is 1. The van der Waals surface area contributed by atoms with Crippen LogP contribution in [0.1, 0.15) is 19.3 Å². The van der Waals surface area contributed by atoms with Crippen LogP contribution in [0.4, 0.5) is 0 Å². The molecule has 2 aromatic rings. The van der Waals surface area contributed by atoms with Crippen molar-refractivity contribution in [2.45, 2.75) is 25.8 Å². The Labute approximate surface area is 164 Å². The van der Waals surface area contributed by atoms with E-state index in [4.69, 9.17) is 0 Å². The number of allylic oxidation sites excluding steroid dienone is 2. The van der Waals surface area contributed by atoms with Crippen molar-refractivity contribution >= 4 is 5.91 Å². The average molecular weight is 382 g/mol. The summed E-state index contributed by atoms with van der Waals surface area (Å²) < 4.78 is 3.13. The Morgan fingerprint density at radius 2 is 1.96 bits per heavy atom. The first-order chi connectivity index (χ1) is 13.7. The summed E-state index contributed by atoms with van der Waals surface area (Å²) >= 11 is 0. The average Bonchev–Trinajstić information content (AvgIpc) is 3.29. The molecule has 1 atom stereocenters. The first-order valence-electron chi connectivity index (χ1n) is 9.95. The highest BCUT2D eigenvalue weighted by Crippen LogP contribution is 2.21. The van der Waals surface area contributed by atoms with Gasteiger partial charge in [0, 0.05) is 57.1 Å². The molecule has 8 heteroatoms. The van der Waals surface area contributed by atoms with Crippen molar-refractivity contribution in [3.8, 4) is 5.82 Å². The maximum Gasteiger partial charge on any atom is 0.266 e. The van der Waals surface area contributed by atoms with Crippen LogP contribution in [0.2, 0.25) is 0 Å². The van der Waals surface area contributed by atoms with E-state index in [1.165, 1.54) is 10.7 Å². The number of hydrogen-bond acceptors (Lipinski definition) is 5. The minimum Gasteiger partial charge on any atom is -0.340 e. The van der Waals surface area contributed by atoms with Crippen LogP contribution in [-0.2, 0) is 11.3 Å². The first kappa shape index (κ1) is 18.6. The van der Waals surface area contributed by atoms with Gasteiger partial charge in [-0.15, -0.1) is 5.10 Å². The topological polar surface area (TPSA) is 76.3 Å².